The van der Waals surface area contributed by atoms with Crippen molar-refractivity contribution in [2.75, 3.05) is 11.9 Å². The number of anilines is 1. The van der Waals surface area contributed by atoms with E-state index in [1.165, 1.54) is 19.1 Å². The second-order valence-corrected chi connectivity index (χ2v) is 3.00. The van der Waals surface area contributed by atoms with E-state index >= 15 is 0 Å². The summed E-state index contributed by atoms with van der Waals surface area (Å²) < 4.78 is 12.9. The van der Waals surface area contributed by atoms with Crippen LogP contribution in [0.15, 0.2) is 18.2 Å². The lowest BCUT2D eigenvalue weighted by atomic mass is 10.1. The maximum absolute atomic E-state index is 12.9. The minimum Gasteiger partial charge on any atom is -0.326 e. The van der Waals surface area contributed by atoms with E-state index < -0.39 is 11.6 Å². The van der Waals surface area contributed by atoms with Gasteiger partial charge in [-0.2, -0.15) is 0 Å². The van der Waals surface area contributed by atoms with Crippen molar-refractivity contribution in [3.05, 3.63) is 29.6 Å². The topological polar surface area (TPSA) is 72.2 Å². The molecule has 0 unspecified atom stereocenters. The number of hydrogen-bond acceptors (Lipinski definition) is 3. The Hall–Kier alpha value is -1.75. The third-order valence-corrected chi connectivity index (χ3v) is 1.78. The number of ketones is 1. The molecule has 80 valence electrons. The van der Waals surface area contributed by atoms with Gasteiger partial charge in [0.05, 0.1) is 12.2 Å². The van der Waals surface area contributed by atoms with Gasteiger partial charge in [-0.05, 0) is 18.2 Å². The highest BCUT2D eigenvalue weighted by Gasteiger charge is 2.11. The van der Waals surface area contributed by atoms with Crippen LogP contribution in [-0.2, 0) is 4.79 Å². The fraction of sp³-hybridized carbons (Fsp3) is 0.200. The van der Waals surface area contributed by atoms with E-state index in [1.54, 1.807) is 0 Å². The van der Waals surface area contributed by atoms with Crippen LogP contribution in [-0.4, -0.2) is 18.2 Å². The number of Topliss-reactive ketones (excluding diaryl/α,β-unsaturated/α-hetero) is 1. The van der Waals surface area contributed by atoms with Crippen LogP contribution in [0.3, 0.4) is 0 Å². The lowest BCUT2D eigenvalue weighted by molar-refractivity contribution is -0.114. The average molecular weight is 210 g/mol. The molecule has 5 heteroatoms. The highest BCUT2D eigenvalue weighted by atomic mass is 19.1. The maximum Gasteiger partial charge on any atom is 0.221 e. The predicted octanol–water partition coefficient (Wildman–Crippen LogP) is 0.925. The summed E-state index contributed by atoms with van der Waals surface area (Å²) in [5.74, 6) is -1.29. The summed E-state index contributed by atoms with van der Waals surface area (Å²) in [6, 6.07) is 3.55. The number of nitrogens with one attached hydrogen (secondary N) is 1. The monoisotopic (exact) mass is 210 g/mol. The van der Waals surface area contributed by atoms with Crippen LogP contribution in [0.2, 0.25) is 0 Å². The zero-order chi connectivity index (χ0) is 11.4. The van der Waals surface area contributed by atoms with E-state index in [4.69, 9.17) is 5.73 Å². The smallest absolute Gasteiger partial charge is 0.221 e. The normalized spacial score (nSPS) is 9.80. The molecule has 1 rings (SSSR count). The fourth-order valence-electron chi connectivity index (χ4n) is 1.16. The largest absolute Gasteiger partial charge is 0.326 e. The van der Waals surface area contributed by atoms with Crippen LogP contribution in [0.25, 0.3) is 0 Å². The number of benzene rings is 1. The molecule has 0 aliphatic heterocycles. The standard InChI is InChI=1S/C10H11FN2O2/c1-6(14)13-9-3-2-7(11)4-8(9)10(15)5-12/h2-4H,5,12H2,1H3,(H,13,14). The van der Waals surface area contributed by atoms with Crippen molar-refractivity contribution in [1.29, 1.82) is 0 Å². The molecule has 0 radical (unpaired) electrons. The summed E-state index contributed by atoms with van der Waals surface area (Å²) in [6.07, 6.45) is 0. The molecule has 1 amide bonds. The highest BCUT2D eigenvalue weighted by Crippen LogP contribution is 2.17. The highest BCUT2D eigenvalue weighted by molar-refractivity contribution is 6.05. The van der Waals surface area contributed by atoms with Gasteiger partial charge in [0, 0.05) is 12.5 Å². The molecule has 0 aliphatic carbocycles. The van der Waals surface area contributed by atoms with Gasteiger partial charge in [-0.1, -0.05) is 0 Å². The van der Waals surface area contributed by atoms with E-state index in [0.29, 0.717) is 0 Å². The van der Waals surface area contributed by atoms with Crippen molar-refractivity contribution in [3.63, 3.8) is 0 Å². The molecule has 1 aromatic carbocycles. The van der Waals surface area contributed by atoms with E-state index in [-0.39, 0.29) is 23.7 Å². The maximum atomic E-state index is 12.9. The molecule has 4 nitrogen and oxygen atoms in total. The molecule has 1 aromatic rings. The molecule has 0 fully saturated rings. The number of hydrogen-bond donors (Lipinski definition) is 2. The molecule has 0 aliphatic rings. The summed E-state index contributed by atoms with van der Waals surface area (Å²) >= 11 is 0. The van der Waals surface area contributed by atoms with Crippen molar-refractivity contribution in [3.8, 4) is 0 Å². The van der Waals surface area contributed by atoms with Crippen LogP contribution >= 0.6 is 0 Å². The van der Waals surface area contributed by atoms with E-state index in [9.17, 15) is 14.0 Å². The first-order valence-electron chi connectivity index (χ1n) is 4.35. The number of rotatable bonds is 3. The molecule has 0 bridgehead atoms. The van der Waals surface area contributed by atoms with Gasteiger partial charge in [-0.25, -0.2) is 4.39 Å². The van der Waals surface area contributed by atoms with E-state index in [1.807, 2.05) is 0 Å². The molecule has 0 atom stereocenters. The van der Waals surface area contributed by atoms with Crippen molar-refractivity contribution in [1.82, 2.24) is 0 Å². The second-order valence-electron chi connectivity index (χ2n) is 3.00. The van der Waals surface area contributed by atoms with Crippen LogP contribution in [0.5, 0.6) is 0 Å². The quantitative estimate of drug-likeness (QED) is 0.729. The molecular weight excluding hydrogens is 199 g/mol. The molecule has 0 spiro atoms. The van der Waals surface area contributed by atoms with Gasteiger partial charge in [0.25, 0.3) is 0 Å². The summed E-state index contributed by atoms with van der Waals surface area (Å²) in [7, 11) is 0. The average Bonchev–Trinajstić information content (AvgIpc) is 2.19. The predicted molar refractivity (Wildman–Crippen MR) is 54.1 cm³/mol. The summed E-state index contributed by atoms with van der Waals surface area (Å²) in [4.78, 5) is 22.1. The first-order chi connectivity index (χ1) is 7.04. The number of halogens is 1. The van der Waals surface area contributed by atoms with Crippen molar-refractivity contribution in [2.45, 2.75) is 6.92 Å². The Morgan fingerprint density at radius 3 is 2.67 bits per heavy atom. The van der Waals surface area contributed by atoms with Crippen molar-refractivity contribution in [2.24, 2.45) is 5.73 Å². The Morgan fingerprint density at radius 1 is 1.47 bits per heavy atom. The van der Waals surface area contributed by atoms with Crippen LogP contribution < -0.4 is 11.1 Å². The van der Waals surface area contributed by atoms with Crippen molar-refractivity contribution >= 4 is 17.4 Å². The fourth-order valence-corrected chi connectivity index (χ4v) is 1.16. The van der Waals surface area contributed by atoms with E-state index in [2.05, 4.69) is 5.32 Å². The number of nitrogens with two attached hydrogens (primary N) is 1. The van der Waals surface area contributed by atoms with Crippen LogP contribution in [0.4, 0.5) is 10.1 Å². The van der Waals surface area contributed by atoms with Gasteiger partial charge >= 0.3 is 0 Å². The summed E-state index contributed by atoms with van der Waals surface area (Å²) in [6.45, 7) is 1.08. The molecular formula is C10H11FN2O2. The Balaban J connectivity index is 3.14. The zero-order valence-corrected chi connectivity index (χ0v) is 8.21. The Labute approximate surface area is 86.3 Å². The Morgan fingerprint density at radius 2 is 2.13 bits per heavy atom. The van der Waals surface area contributed by atoms with Gasteiger partial charge in [-0.3, -0.25) is 9.59 Å². The van der Waals surface area contributed by atoms with Gasteiger partial charge in [0.1, 0.15) is 5.82 Å². The first kappa shape index (κ1) is 11.3. The Kier molecular flexibility index (Phi) is 3.51. The molecule has 0 saturated carbocycles. The molecule has 0 saturated heterocycles. The Bertz CT molecular complexity index is 404. The molecule has 0 aromatic heterocycles. The lowest BCUT2D eigenvalue weighted by Gasteiger charge is -2.07. The summed E-state index contributed by atoms with van der Waals surface area (Å²) in [5, 5.41) is 2.43. The zero-order valence-electron chi connectivity index (χ0n) is 8.21. The van der Waals surface area contributed by atoms with Gasteiger partial charge in [0.2, 0.25) is 5.91 Å². The second kappa shape index (κ2) is 4.65. The minimum atomic E-state index is -0.541. The van der Waals surface area contributed by atoms with Gasteiger partial charge < -0.3 is 11.1 Å². The molecule has 3 N–H and O–H groups in total. The van der Waals surface area contributed by atoms with Crippen molar-refractivity contribution < 1.29 is 14.0 Å². The third kappa shape index (κ3) is 2.85. The lowest BCUT2D eigenvalue weighted by Crippen LogP contribution is -2.17. The van der Waals surface area contributed by atoms with Gasteiger partial charge in [-0.15, -0.1) is 0 Å². The van der Waals surface area contributed by atoms with Crippen LogP contribution in [0, 0.1) is 5.82 Å². The third-order valence-electron chi connectivity index (χ3n) is 1.78. The SMILES string of the molecule is CC(=O)Nc1ccc(F)cc1C(=O)CN. The number of amides is 1. The molecule has 0 heterocycles. The van der Waals surface area contributed by atoms with Crippen LogP contribution in [0.1, 0.15) is 17.3 Å². The summed E-state index contributed by atoms with van der Waals surface area (Å²) in [5.41, 5.74) is 5.54. The molecule has 15 heavy (non-hydrogen) atoms. The van der Waals surface area contributed by atoms with E-state index in [0.717, 1.165) is 6.07 Å². The number of carbonyl (C=O) groups is 2. The number of carbonyl (C=O) groups excluding carboxylic acids is 2. The first-order valence-corrected chi connectivity index (χ1v) is 4.35. The minimum absolute atomic E-state index is 0.0905. The van der Waals surface area contributed by atoms with Gasteiger partial charge in [0.15, 0.2) is 5.78 Å².